The molecular formula is C20H24O3S. The molecule has 0 spiro atoms. The molecule has 3 rings (SSSR count). The summed E-state index contributed by atoms with van der Waals surface area (Å²) in [6.07, 6.45) is 0.710. The van der Waals surface area contributed by atoms with Crippen molar-refractivity contribution in [2.24, 2.45) is 0 Å². The molecule has 1 saturated heterocycles. The zero-order valence-electron chi connectivity index (χ0n) is 13.9. The van der Waals surface area contributed by atoms with E-state index in [1.165, 1.54) is 0 Å². The van der Waals surface area contributed by atoms with Crippen LogP contribution in [0.1, 0.15) is 24.5 Å². The molecule has 128 valence electrons. The van der Waals surface area contributed by atoms with Crippen LogP contribution in [0.15, 0.2) is 60.7 Å². The molecule has 1 aliphatic rings. The normalized spacial score (nSPS) is 27.1. The maximum absolute atomic E-state index is 6.16. The first-order valence-electron chi connectivity index (χ1n) is 8.37. The van der Waals surface area contributed by atoms with Gasteiger partial charge in [0.2, 0.25) is 0 Å². The molecule has 4 heteroatoms. The topological polar surface area (TPSA) is 27.7 Å². The van der Waals surface area contributed by atoms with E-state index in [1.807, 2.05) is 36.4 Å². The van der Waals surface area contributed by atoms with Crippen LogP contribution in [0.25, 0.3) is 0 Å². The van der Waals surface area contributed by atoms with Gasteiger partial charge in [-0.1, -0.05) is 60.7 Å². The average Bonchev–Trinajstić information content (AvgIpc) is 2.61. The summed E-state index contributed by atoms with van der Waals surface area (Å²) in [4.78, 5) is 0. The summed E-state index contributed by atoms with van der Waals surface area (Å²) in [5.74, 6) is 0. The van der Waals surface area contributed by atoms with E-state index in [1.54, 1.807) is 0 Å². The summed E-state index contributed by atoms with van der Waals surface area (Å²) in [5, 5.41) is 0. The van der Waals surface area contributed by atoms with E-state index < -0.39 is 0 Å². The molecule has 0 amide bonds. The maximum Gasteiger partial charge on any atom is 0.129 e. The summed E-state index contributed by atoms with van der Waals surface area (Å²) in [5.41, 5.74) is 2.02. The standard InChI is InChI=1S/C20H24O3S/c1-15-12-18(21-13-16-8-4-2-5-9-16)19(20(24)23-15)22-14-17-10-6-3-7-11-17/h2-11,15,18-20,24H,12-14H2,1H3/t15-,18+,19-,20?/m1/s1. The van der Waals surface area contributed by atoms with Crippen molar-refractivity contribution in [3.8, 4) is 0 Å². The van der Waals surface area contributed by atoms with E-state index in [-0.39, 0.29) is 23.7 Å². The van der Waals surface area contributed by atoms with Gasteiger partial charge in [-0.15, -0.1) is 12.6 Å². The molecule has 1 fully saturated rings. The van der Waals surface area contributed by atoms with Gasteiger partial charge in [-0.25, -0.2) is 0 Å². The van der Waals surface area contributed by atoms with Crippen molar-refractivity contribution in [1.29, 1.82) is 0 Å². The van der Waals surface area contributed by atoms with Gasteiger partial charge in [0.1, 0.15) is 11.5 Å². The van der Waals surface area contributed by atoms with Crippen LogP contribution in [0.4, 0.5) is 0 Å². The highest BCUT2D eigenvalue weighted by molar-refractivity contribution is 7.80. The Morgan fingerprint density at radius 3 is 2.04 bits per heavy atom. The van der Waals surface area contributed by atoms with Gasteiger partial charge >= 0.3 is 0 Å². The molecule has 0 bridgehead atoms. The largest absolute Gasteiger partial charge is 0.371 e. The van der Waals surface area contributed by atoms with Crippen LogP contribution < -0.4 is 0 Å². The highest BCUT2D eigenvalue weighted by Gasteiger charge is 2.37. The number of hydrogen-bond acceptors (Lipinski definition) is 4. The monoisotopic (exact) mass is 344 g/mol. The average molecular weight is 344 g/mol. The van der Waals surface area contributed by atoms with Crippen LogP contribution >= 0.6 is 12.6 Å². The number of thiol groups is 1. The fourth-order valence-corrected chi connectivity index (χ4v) is 3.40. The van der Waals surface area contributed by atoms with Crippen LogP contribution in [0.3, 0.4) is 0 Å². The van der Waals surface area contributed by atoms with Crippen molar-refractivity contribution in [1.82, 2.24) is 0 Å². The lowest BCUT2D eigenvalue weighted by Crippen LogP contribution is -2.47. The lowest BCUT2D eigenvalue weighted by Gasteiger charge is -2.38. The SMILES string of the molecule is C[C@@H]1C[C@H](OCc2ccccc2)[C@@H](OCc2ccccc2)C(S)O1. The van der Waals surface area contributed by atoms with Crippen molar-refractivity contribution in [2.75, 3.05) is 0 Å². The van der Waals surface area contributed by atoms with Gasteiger partial charge in [-0.2, -0.15) is 0 Å². The molecule has 24 heavy (non-hydrogen) atoms. The molecular weight excluding hydrogens is 320 g/mol. The van der Waals surface area contributed by atoms with Crippen LogP contribution in [0.5, 0.6) is 0 Å². The van der Waals surface area contributed by atoms with Gasteiger partial charge in [0, 0.05) is 6.42 Å². The first kappa shape index (κ1) is 17.5. The third-order valence-electron chi connectivity index (χ3n) is 4.18. The fraction of sp³-hybridized carbons (Fsp3) is 0.400. The van der Waals surface area contributed by atoms with E-state index in [0.717, 1.165) is 17.5 Å². The number of rotatable bonds is 6. The summed E-state index contributed by atoms with van der Waals surface area (Å²) in [6.45, 7) is 3.16. The second-order valence-electron chi connectivity index (χ2n) is 6.17. The lowest BCUT2D eigenvalue weighted by molar-refractivity contribution is -0.178. The minimum Gasteiger partial charge on any atom is -0.371 e. The molecule has 1 aliphatic heterocycles. The van der Waals surface area contributed by atoms with Gasteiger partial charge in [0.15, 0.2) is 0 Å². The van der Waals surface area contributed by atoms with E-state index in [2.05, 4.69) is 43.8 Å². The van der Waals surface area contributed by atoms with Gasteiger partial charge in [0.25, 0.3) is 0 Å². The van der Waals surface area contributed by atoms with Gasteiger partial charge in [-0.05, 0) is 18.1 Å². The van der Waals surface area contributed by atoms with Crippen LogP contribution in [-0.4, -0.2) is 23.7 Å². The van der Waals surface area contributed by atoms with Crippen molar-refractivity contribution >= 4 is 12.6 Å². The smallest absolute Gasteiger partial charge is 0.129 e. The fourth-order valence-electron chi connectivity index (χ4n) is 2.91. The molecule has 3 nitrogen and oxygen atoms in total. The van der Waals surface area contributed by atoms with E-state index in [9.17, 15) is 0 Å². The second kappa shape index (κ2) is 8.67. The maximum atomic E-state index is 6.16. The molecule has 0 N–H and O–H groups in total. The summed E-state index contributed by atoms with van der Waals surface area (Å²) in [7, 11) is 0. The third-order valence-corrected chi connectivity index (χ3v) is 4.59. The predicted octanol–water partition coefficient (Wildman–Crippen LogP) is 4.22. The Balaban J connectivity index is 1.61. The zero-order chi connectivity index (χ0) is 16.8. The third kappa shape index (κ3) is 4.84. The molecule has 0 saturated carbocycles. The van der Waals surface area contributed by atoms with Crippen molar-refractivity contribution in [3.63, 3.8) is 0 Å². The second-order valence-corrected chi connectivity index (χ2v) is 6.68. The highest BCUT2D eigenvalue weighted by atomic mass is 32.1. The predicted molar refractivity (Wildman–Crippen MR) is 98.0 cm³/mol. The van der Waals surface area contributed by atoms with E-state index >= 15 is 0 Å². The summed E-state index contributed by atoms with van der Waals surface area (Å²) < 4.78 is 18.1. The number of ether oxygens (including phenoxy) is 3. The number of benzene rings is 2. The van der Waals surface area contributed by atoms with Crippen molar-refractivity contribution < 1.29 is 14.2 Å². The van der Waals surface area contributed by atoms with Crippen LogP contribution in [0, 0.1) is 0 Å². The van der Waals surface area contributed by atoms with Gasteiger partial charge in [0.05, 0.1) is 25.4 Å². The molecule has 0 radical (unpaired) electrons. The minimum atomic E-state index is -0.279. The highest BCUT2D eigenvalue weighted by Crippen LogP contribution is 2.28. The minimum absolute atomic E-state index is 0.0276. The first-order valence-corrected chi connectivity index (χ1v) is 8.88. The van der Waals surface area contributed by atoms with Crippen molar-refractivity contribution in [2.45, 2.75) is 50.3 Å². The summed E-state index contributed by atoms with van der Waals surface area (Å²) >= 11 is 4.57. The molecule has 2 aromatic carbocycles. The Hall–Kier alpha value is -1.33. The molecule has 2 aromatic rings. The molecule has 0 aromatic heterocycles. The molecule has 1 unspecified atom stereocenters. The van der Waals surface area contributed by atoms with Crippen LogP contribution in [0.2, 0.25) is 0 Å². The zero-order valence-corrected chi connectivity index (χ0v) is 14.8. The lowest BCUT2D eigenvalue weighted by atomic mass is 10.0. The number of hydrogen-bond donors (Lipinski definition) is 1. The van der Waals surface area contributed by atoms with Gasteiger partial charge < -0.3 is 14.2 Å². The molecule has 0 aliphatic carbocycles. The van der Waals surface area contributed by atoms with Crippen LogP contribution in [-0.2, 0) is 27.4 Å². The Labute approximate surface area is 149 Å². The Bertz CT molecular complexity index is 605. The summed E-state index contributed by atoms with van der Waals surface area (Å²) in [6, 6.07) is 20.3. The van der Waals surface area contributed by atoms with E-state index in [4.69, 9.17) is 14.2 Å². The Morgan fingerprint density at radius 1 is 0.917 bits per heavy atom. The van der Waals surface area contributed by atoms with E-state index in [0.29, 0.717) is 13.2 Å². The molecule has 4 atom stereocenters. The first-order chi connectivity index (χ1) is 11.7. The quantitative estimate of drug-likeness (QED) is 0.795. The Morgan fingerprint density at radius 2 is 1.46 bits per heavy atom. The Kier molecular flexibility index (Phi) is 6.32. The molecule has 1 heterocycles. The van der Waals surface area contributed by atoms with Gasteiger partial charge in [-0.3, -0.25) is 0 Å². The van der Waals surface area contributed by atoms with Crippen molar-refractivity contribution in [3.05, 3.63) is 71.8 Å².